The minimum atomic E-state index is 0.628. The molecule has 0 atom stereocenters. The minimum absolute atomic E-state index is 0.628. The first-order valence-corrected chi connectivity index (χ1v) is 7.39. The molecule has 2 aromatic carbocycles. The third-order valence-corrected chi connectivity index (χ3v) is 3.60. The van der Waals surface area contributed by atoms with Gasteiger partial charge in [-0.3, -0.25) is 0 Å². The molecule has 0 heterocycles. The van der Waals surface area contributed by atoms with E-state index in [1.165, 1.54) is 24.0 Å². The van der Waals surface area contributed by atoms with Crippen molar-refractivity contribution in [3.05, 3.63) is 65.7 Å². The molecule has 1 aliphatic carbocycles. The number of ether oxygens (including phenoxy) is 1. The van der Waals surface area contributed by atoms with E-state index in [-0.39, 0.29) is 0 Å². The predicted molar refractivity (Wildman–Crippen MR) is 81.9 cm³/mol. The highest BCUT2D eigenvalue weighted by Crippen LogP contribution is 2.19. The van der Waals surface area contributed by atoms with Crippen LogP contribution in [0.2, 0.25) is 0 Å². The standard InChI is InChI=1S/C18H21NO/c1-2-4-16(5-3-1)14-20-18-10-6-15(7-11-18)12-13-19-17-8-9-17/h1-7,10-11,17,19H,8-9,12-14H2. The van der Waals surface area contributed by atoms with E-state index in [1.807, 2.05) is 18.2 Å². The molecular weight excluding hydrogens is 246 g/mol. The first-order chi connectivity index (χ1) is 9.90. The highest BCUT2D eigenvalue weighted by atomic mass is 16.5. The van der Waals surface area contributed by atoms with Crippen LogP contribution < -0.4 is 10.1 Å². The lowest BCUT2D eigenvalue weighted by Gasteiger charge is -2.08. The molecule has 20 heavy (non-hydrogen) atoms. The van der Waals surface area contributed by atoms with Crippen molar-refractivity contribution in [3.63, 3.8) is 0 Å². The van der Waals surface area contributed by atoms with Gasteiger partial charge in [-0.15, -0.1) is 0 Å². The average Bonchev–Trinajstić information content (AvgIpc) is 3.32. The third kappa shape index (κ3) is 4.10. The highest BCUT2D eigenvalue weighted by Gasteiger charge is 2.19. The molecule has 0 aromatic heterocycles. The molecule has 1 saturated carbocycles. The van der Waals surface area contributed by atoms with Gasteiger partial charge in [-0.05, 0) is 49.1 Å². The maximum absolute atomic E-state index is 5.78. The molecule has 0 aliphatic heterocycles. The Kier molecular flexibility index (Phi) is 4.34. The van der Waals surface area contributed by atoms with Crippen LogP contribution in [0.4, 0.5) is 0 Å². The monoisotopic (exact) mass is 267 g/mol. The first-order valence-electron chi connectivity index (χ1n) is 7.39. The van der Waals surface area contributed by atoms with E-state index in [9.17, 15) is 0 Å². The van der Waals surface area contributed by atoms with Crippen LogP contribution in [0.15, 0.2) is 54.6 Å². The molecular formula is C18H21NO. The number of hydrogen-bond acceptors (Lipinski definition) is 2. The Balaban J connectivity index is 1.45. The Bertz CT molecular complexity index is 517. The summed E-state index contributed by atoms with van der Waals surface area (Å²) < 4.78 is 5.78. The second-order valence-electron chi connectivity index (χ2n) is 5.40. The Morgan fingerprint density at radius 1 is 0.900 bits per heavy atom. The summed E-state index contributed by atoms with van der Waals surface area (Å²) in [4.78, 5) is 0. The van der Waals surface area contributed by atoms with E-state index in [2.05, 4.69) is 41.7 Å². The average molecular weight is 267 g/mol. The van der Waals surface area contributed by atoms with Crippen molar-refractivity contribution in [3.8, 4) is 5.75 Å². The lowest BCUT2D eigenvalue weighted by molar-refractivity contribution is 0.306. The van der Waals surface area contributed by atoms with E-state index in [1.54, 1.807) is 0 Å². The van der Waals surface area contributed by atoms with Crippen molar-refractivity contribution in [2.24, 2.45) is 0 Å². The molecule has 0 radical (unpaired) electrons. The van der Waals surface area contributed by atoms with Crippen molar-refractivity contribution in [1.29, 1.82) is 0 Å². The Morgan fingerprint density at radius 3 is 2.35 bits per heavy atom. The summed E-state index contributed by atoms with van der Waals surface area (Å²) in [5.74, 6) is 0.938. The topological polar surface area (TPSA) is 21.3 Å². The van der Waals surface area contributed by atoms with Gasteiger partial charge in [-0.2, -0.15) is 0 Å². The van der Waals surface area contributed by atoms with Crippen LogP contribution >= 0.6 is 0 Å². The zero-order valence-corrected chi connectivity index (χ0v) is 11.7. The van der Waals surface area contributed by atoms with Gasteiger partial charge in [0.05, 0.1) is 0 Å². The molecule has 0 amide bonds. The van der Waals surface area contributed by atoms with Gasteiger partial charge in [0.15, 0.2) is 0 Å². The molecule has 0 bridgehead atoms. The van der Waals surface area contributed by atoms with Gasteiger partial charge in [0.25, 0.3) is 0 Å². The molecule has 2 nitrogen and oxygen atoms in total. The predicted octanol–water partition coefficient (Wildman–Crippen LogP) is 3.56. The molecule has 2 heteroatoms. The zero-order chi connectivity index (χ0) is 13.6. The van der Waals surface area contributed by atoms with Gasteiger partial charge in [-0.25, -0.2) is 0 Å². The van der Waals surface area contributed by atoms with Gasteiger partial charge in [0, 0.05) is 6.04 Å². The second kappa shape index (κ2) is 6.58. The Hall–Kier alpha value is -1.80. The molecule has 1 fully saturated rings. The largest absolute Gasteiger partial charge is 0.489 e. The second-order valence-corrected chi connectivity index (χ2v) is 5.40. The van der Waals surface area contributed by atoms with Crippen molar-refractivity contribution >= 4 is 0 Å². The zero-order valence-electron chi connectivity index (χ0n) is 11.7. The summed E-state index contributed by atoms with van der Waals surface area (Å²) in [6.45, 7) is 1.71. The number of rotatable bonds is 7. The van der Waals surface area contributed by atoms with Crippen molar-refractivity contribution < 1.29 is 4.74 Å². The minimum Gasteiger partial charge on any atom is -0.489 e. The highest BCUT2D eigenvalue weighted by molar-refractivity contribution is 5.28. The van der Waals surface area contributed by atoms with Crippen LogP contribution in [0.3, 0.4) is 0 Å². The molecule has 104 valence electrons. The molecule has 1 aliphatic rings. The van der Waals surface area contributed by atoms with Crippen molar-refractivity contribution in [2.75, 3.05) is 6.54 Å². The summed E-state index contributed by atoms with van der Waals surface area (Å²) in [5, 5.41) is 3.54. The molecule has 0 spiro atoms. The molecule has 0 unspecified atom stereocenters. The number of nitrogens with one attached hydrogen (secondary N) is 1. The van der Waals surface area contributed by atoms with Gasteiger partial charge in [0.1, 0.15) is 12.4 Å². The summed E-state index contributed by atoms with van der Waals surface area (Å²) >= 11 is 0. The first kappa shape index (κ1) is 13.2. The van der Waals surface area contributed by atoms with E-state index in [0.29, 0.717) is 6.61 Å². The van der Waals surface area contributed by atoms with Gasteiger partial charge < -0.3 is 10.1 Å². The maximum Gasteiger partial charge on any atom is 0.119 e. The van der Waals surface area contributed by atoms with Gasteiger partial charge >= 0.3 is 0 Å². The van der Waals surface area contributed by atoms with E-state index < -0.39 is 0 Å². The Morgan fingerprint density at radius 2 is 1.65 bits per heavy atom. The maximum atomic E-state index is 5.78. The van der Waals surface area contributed by atoms with Gasteiger partial charge in [0.2, 0.25) is 0 Å². The van der Waals surface area contributed by atoms with Gasteiger partial charge in [-0.1, -0.05) is 42.5 Å². The van der Waals surface area contributed by atoms with Crippen LogP contribution in [0, 0.1) is 0 Å². The Labute approximate surface area is 120 Å². The van der Waals surface area contributed by atoms with Crippen LogP contribution in [-0.2, 0) is 13.0 Å². The lowest BCUT2D eigenvalue weighted by Crippen LogP contribution is -2.19. The fourth-order valence-electron chi connectivity index (χ4n) is 2.20. The summed E-state index contributed by atoms with van der Waals surface area (Å²) in [6, 6.07) is 19.5. The van der Waals surface area contributed by atoms with Crippen molar-refractivity contribution in [1.82, 2.24) is 5.32 Å². The SMILES string of the molecule is c1ccc(COc2ccc(CCNC3CC3)cc2)cc1. The quantitative estimate of drug-likeness (QED) is 0.828. The van der Waals surface area contributed by atoms with Crippen molar-refractivity contribution in [2.45, 2.75) is 31.9 Å². The normalized spacial score (nSPS) is 14.2. The molecule has 0 saturated heterocycles. The van der Waals surface area contributed by atoms with Crippen LogP contribution in [-0.4, -0.2) is 12.6 Å². The molecule has 3 rings (SSSR count). The fraction of sp³-hybridized carbons (Fsp3) is 0.333. The van der Waals surface area contributed by atoms with Crippen LogP contribution in [0.25, 0.3) is 0 Å². The lowest BCUT2D eigenvalue weighted by atomic mass is 10.1. The smallest absolute Gasteiger partial charge is 0.119 e. The summed E-state index contributed by atoms with van der Waals surface area (Å²) in [7, 11) is 0. The van der Waals surface area contributed by atoms with E-state index in [0.717, 1.165) is 24.8 Å². The number of benzene rings is 2. The number of hydrogen-bond donors (Lipinski definition) is 1. The summed E-state index contributed by atoms with van der Waals surface area (Å²) in [6.07, 6.45) is 3.80. The molecule has 1 N–H and O–H groups in total. The van der Waals surface area contributed by atoms with Crippen LogP contribution in [0.5, 0.6) is 5.75 Å². The van der Waals surface area contributed by atoms with E-state index >= 15 is 0 Å². The summed E-state index contributed by atoms with van der Waals surface area (Å²) in [5.41, 5.74) is 2.57. The third-order valence-electron chi connectivity index (χ3n) is 3.60. The fourth-order valence-corrected chi connectivity index (χ4v) is 2.20. The van der Waals surface area contributed by atoms with Crippen LogP contribution in [0.1, 0.15) is 24.0 Å². The van der Waals surface area contributed by atoms with E-state index in [4.69, 9.17) is 4.74 Å². The molecule has 2 aromatic rings.